The molecule has 90 valence electrons. The Bertz CT molecular complexity index is 435. The molecule has 2 N–H and O–H groups in total. The Kier molecular flexibility index (Phi) is 3.38. The number of nitrogens with zero attached hydrogens (tertiary/aromatic N) is 2. The van der Waals surface area contributed by atoms with Crippen LogP contribution in [0, 0.1) is 17.2 Å². The van der Waals surface area contributed by atoms with Crippen LogP contribution in [-0.4, -0.2) is 27.2 Å². The summed E-state index contributed by atoms with van der Waals surface area (Å²) < 4.78 is 0. The summed E-state index contributed by atoms with van der Waals surface area (Å²) in [6.07, 6.45) is 5.40. The van der Waals surface area contributed by atoms with Gasteiger partial charge in [-0.25, -0.2) is 4.98 Å². The molecule has 0 spiro atoms. The zero-order valence-electron chi connectivity index (χ0n) is 9.56. The number of amides is 1. The van der Waals surface area contributed by atoms with E-state index in [0.29, 0.717) is 11.1 Å². The summed E-state index contributed by atoms with van der Waals surface area (Å²) in [4.78, 5) is 18.6. The van der Waals surface area contributed by atoms with E-state index in [0.717, 1.165) is 12.8 Å². The van der Waals surface area contributed by atoms with E-state index in [4.69, 9.17) is 5.26 Å². The highest BCUT2D eigenvalue weighted by atomic mass is 32.2. The van der Waals surface area contributed by atoms with Crippen molar-refractivity contribution >= 4 is 17.7 Å². The largest absolute Gasteiger partial charge is 0.340 e. The molecule has 1 aliphatic rings. The fourth-order valence-corrected chi connectivity index (χ4v) is 2.30. The molecular weight excluding hydrogens is 236 g/mol. The number of nitriles is 1. The highest BCUT2D eigenvalue weighted by molar-refractivity contribution is 7.99. The SMILES string of the molecule is C[C@@](C#N)(NC(=O)CSc1ncc[nH]1)C1CC1. The number of rotatable bonds is 5. The second kappa shape index (κ2) is 4.80. The van der Waals surface area contributed by atoms with Gasteiger partial charge >= 0.3 is 0 Å². The molecule has 6 heteroatoms. The number of aromatic nitrogens is 2. The maximum absolute atomic E-state index is 11.7. The van der Waals surface area contributed by atoms with E-state index in [9.17, 15) is 4.79 Å². The molecule has 1 aromatic rings. The number of thioether (sulfide) groups is 1. The van der Waals surface area contributed by atoms with Gasteiger partial charge in [0.25, 0.3) is 0 Å². The first-order valence-corrected chi connectivity index (χ1v) is 6.47. The van der Waals surface area contributed by atoms with Gasteiger partial charge in [0.05, 0.1) is 11.8 Å². The fraction of sp³-hybridized carbons (Fsp3) is 0.545. The van der Waals surface area contributed by atoms with Crippen LogP contribution in [-0.2, 0) is 4.79 Å². The Morgan fingerprint density at radius 3 is 3.12 bits per heavy atom. The van der Waals surface area contributed by atoms with E-state index in [1.165, 1.54) is 11.8 Å². The first kappa shape index (κ1) is 12.0. The van der Waals surface area contributed by atoms with Crippen molar-refractivity contribution < 1.29 is 4.79 Å². The number of imidazole rings is 1. The van der Waals surface area contributed by atoms with Gasteiger partial charge in [0.1, 0.15) is 5.54 Å². The van der Waals surface area contributed by atoms with Crippen molar-refractivity contribution in [3.05, 3.63) is 12.4 Å². The van der Waals surface area contributed by atoms with Crippen molar-refractivity contribution in [1.29, 1.82) is 5.26 Å². The predicted octanol–water partition coefficient (Wildman–Crippen LogP) is 1.31. The van der Waals surface area contributed by atoms with Gasteiger partial charge < -0.3 is 10.3 Å². The molecule has 5 nitrogen and oxygen atoms in total. The van der Waals surface area contributed by atoms with E-state index in [2.05, 4.69) is 21.4 Å². The number of nitrogens with one attached hydrogen (secondary N) is 2. The van der Waals surface area contributed by atoms with Crippen LogP contribution in [0.3, 0.4) is 0 Å². The summed E-state index contributed by atoms with van der Waals surface area (Å²) in [6, 6.07) is 2.20. The smallest absolute Gasteiger partial charge is 0.231 e. The van der Waals surface area contributed by atoms with Gasteiger partial charge in [0.2, 0.25) is 5.91 Å². The molecule has 0 radical (unpaired) electrons. The number of hydrogen-bond acceptors (Lipinski definition) is 4. The molecule has 1 saturated carbocycles. The second-order valence-corrected chi connectivity index (χ2v) is 5.28. The summed E-state index contributed by atoms with van der Waals surface area (Å²) in [7, 11) is 0. The van der Waals surface area contributed by atoms with Crippen LogP contribution in [0.5, 0.6) is 0 Å². The van der Waals surface area contributed by atoms with E-state index in [1.807, 2.05) is 0 Å². The number of carbonyl (C=O) groups is 1. The first-order chi connectivity index (χ1) is 8.14. The van der Waals surface area contributed by atoms with Crippen molar-refractivity contribution in [3.8, 4) is 6.07 Å². The van der Waals surface area contributed by atoms with Gasteiger partial charge in [-0.2, -0.15) is 5.26 Å². The summed E-state index contributed by atoms with van der Waals surface area (Å²) in [6.45, 7) is 1.79. The predicted molar refractivity (Wildman–Crippen MR) is 64.2 cm³/mol. The zero-order chi connectivity index (χ0) is 12.3. The van der Waals surface area contributed by atoms with Crippen molar-refractivity contribution in [2.75, 3.05) is 5.75 Å². The molecule has 2 rings (SSSR count). The quantitative estimate of drug-likeness (QED) is 0.772. The van der Waals surface area contributed by atoms with Crippen molar-refractivity contribution in [1.82, 2.24) is 15.3 Å². The summed E-state index contributed by atoms with van der Waals surface area (Å²) in [5.41, 5.74) is -0.708. The van der Waals surface area contributed by atoms with Crippen LogP contribution in [0.2, 0.25) is 0 Å². The lowest BCUT2D eigenvalue weighted by Gasteiger charge is -2.22. The van der Waals surface area contributed by atoms with Gasteiger partial charge in [-0.1, -0.05) is 11.8 Å². The maximum atomic E-state index is 11.7. The number of aromatic amines is 1. The Labute approximate surface area is 104 Å². The van der Waals surface area contributed by atoms with E-state index in [-0.39, 0.29) is 11.7 Å². The molecule has 1 amide bonds. The minimum absolute atomic E-state index is 0.123. The third-order valence-electron chi connectivity index (χ3n) is 2.84. The number of hydrogen-bond donors (Lipinski definition) is 2. The fourth-order valence-electron chi connectivity index (χ4n) is 1.67. The molecule has 1 aliphatic carbocycles. The average Bonchev–Trinajstić information content (AvgIpc) is 3.05. The topological polar surface area (TPSA) is 81.6 Å². The first-order valence-electron chi connectivity index (χ1n) is 5.48. The van der Waals surface area contributed by atoms with Gasteiger partial charge in [-0.05, 0) is 25.7 Å². The van der Waals surface area contributed by atoms with Gasteiger partial charge in [0.15, 0.2) is 5.16 Å². The molecule has 0 bridgehead atoms. The van der Waals surface area contributed by atoms with Gasteiger partial charge in [-0.15, -0.1) is 0 Å². The molecule has 0 unspecified atom stereocenters. The third-order valence-corrected chi connectivity index (χ3v) is 3.74. The second-order valence-electron chi connectivity index (χ2n) is 4.32. The van der Waals surface area contributed by atoms with Crippen molar-refractivity contribution in [2.45, 2.75) is 30.5 Å². The number of H-pyrrole nitrogens is 1. The van der Waals surface area contributed by atoms with Crippen LogP contribution < -0.4 is 5.32 Å². The van der Waals surface area contributed by atoms with Crippen LogP contribution in [0.4, 0.5) is 0 Å². The summed E-state index contributed by atoms with van der Waals surface area (Å²) >= 11 is 1.33. The normalized spacial score (nSPS) is 18.1. The lowest BCUT2D eigenvalue weighted by Crippen LogP contribution is -2.47. The minimum Gasteiger partial charge on any atom is -0.340 e. The number of carbonyl (C=O) groups excluding carboxylic acids is 1. The summed E-state index contributed by atoms with van der Waals surface area (Å²) in [5.74, 6) is 0.463. The van der Waals surface area contributed by atoms with Gasteiger partial charge in [0, 0.05) is 12.4 Å². The van der Waals surface area contributed by atoms with Crippen LogP contribution in [0.15, 0.2) is 17.6 Å². The molecule has 0 aliphatic heterocycles. The maximum Gasteiger partial charge on any atom is 0.231 e. The molecule has 1 heterocycles. The van der Waals surface area contributed by atoms with E-state index >= 15 is 0 Å². The van der Waals surface area contributed by atoms with E-state index < -0.39 is 5.54 Å². The summed E-state index contributed by atoms with van der Waals surface area (Å²) in [5, 5.41) is 12.6. The van der Waals surface area contributed by atoms with Crippen molar-refractivity contribution in [3.63, 3.8) is 0 Å². The molecule has 17 heavy (non-hydrogen) atoms. The Balaban J connectivity index is 1.82. The highest BCUT2D eigenvalue weighted by Crippen LogP contribution is 2.39. The van der Waals surface area contributed by atoms with E-state index in [1.54, 1.807) is 19.3 Å². The Hall–Kier alpha value is -1.48. The molecule has 0 aromatic carbocycles. The lowest BCUT2D eigenvalue weighted by molar-refractivity contribution is -0.119. The van der Waals surface area contributed by atoms with Crippen LogP contribution >= 0.6 is 11.8 Å². The molecule has 1 atom stereocenters. The average molecular weight is 250 g/mol. The monoisotopic (exact) mass is 250 g/mol. The lowest BCUT2D eigenvalue weighted by atomic mass is 9.98. The third kappa shape index (κ3) is 3.01. The van der Waals surface area contributed by atoms with Crippen LogP contribution in [0.25, 0.3) is 0 Å². The standard InChI is InChI=1S/C11H14N4OS/c1-11(7-12,8-2-3-8)15-9(16)6-17-10-13-4-5-14-10/h4-5,8H,2-3,6H2,1H3,(H,13,14)(H,15,16)/t11-/m0/s1. The molecular formula is C11H14N4OS. The minimum atomic E-state index is -0.708. The van der Waals surface area contributed by atoms with Crippen LogP contribution in [0.1, 0.15) is 19.8 Å². The Morgan fingerprint density at radius 2 is 2.59 bits per heavy atom. The van der Waals surface area contributed by atoms with Gasteiger partial charge in [-0.3, -0.25) is 4.79 Å². The Morgan fingerprint density at radius 1 is 1.82 bits per heavy atom. The highest BCUT2D eigenvalue weighted by Gasteiger charge is 2.42. The molecule has 0 saturated heterocycles. The molecule has 1 fully saturated rings. The molecule has 1 aromatic heterocycles. The zero-order valence-corrected chi connectivity index (χ0v) is 10.4. The van der Waals surface area contributed by atoms with Crippen molar-refractivity contribution in [2.24, 2.45) is 5.92 Å².